The van der Waals surface area contributed by atoms with Crippen molar-refractivity contribution in [1.29, 1.82) is 0 Å². The molecule has 1 nitrogen and oxygen atoms in total. The van der Waals surface area contributed by atoms with Gasteiger partial charge in [0, 0.05) is 0 Å². The van der Waals surface area contributed by atoms with E-state index in [0.717, 1.165) is 0 Å². The monoisotopic (exact) mass is 955 g/mol. The van der Waals surface area contributed by atoms with Crippen LogP contribution in [0.3, 0.4) is 0 Å². The Kier molecular flexibility index (Phi) is 8.78. The summed E-state index contributed by atoms with van der Waals surface area (Å²) in [6, 6.07) is 88.4. The minimum atomic E-state index is -4.20. The first-order valence-electron chi connectivity index (χ1n) is 20.3. The van der Waals surface area contributed by atoms with Crippen LogP contribution in [0.4, 0.5) is 17.1 Å². The molecule has 9 aromatic carbocycles. The van der Waals surface area contributed by atoms with E-state index in [4.69, 9.17) is 0 Å². The molecule has 2 heterocycles. The van der Waals surface area contributed by atoms with Gasteiger partial charge >= 0.3 is 353 Å². The number of fused-ring (bicyclic) bond motifs is 4. The fourth-order valence-electron chi connectivity index (χ4n) is 10.3. The summed E-state index contributed by atoms with van der Waals surface area (Å²) in [7, 11) is 0. The molecule has 11 rings (SSSR count). The first-order valence-corrected chi connectivity index (χ1v) is 31.7. The Morgan fingerprint density at radius 1 is 0.293 bits per heavy atom. The van der Waals surface area contributed by atoms with Gasteiger partial charge in [0.05, 0.1) is 0 Å². The zero-order chi connectivity index (χ0) is 38.7. The second-order valence-corrected chi connectivity index (χ2v) is 37.0. The van der Waals surface area contributed by atoms with Gasteiger partial charge < -0.3 is 0 Å². The Morgan fingerprint density at radius 2 is 0.603 bits per heavy atom. The van der Waals surface area contributed by atoms with Crippen molar-refractivity contribution < 1.29 is 0 Å². The van der Waals surface area contributed by atoms with E-state index < -0.39 is 36.8 Å². The number of rotatable bonds is 6. The molecule has 0 N–H and O–H groups in total. The van der Waals surface area contributed by atoms with Crippen molar-refractivity contribution >= 4 is 82.5 Å². The molecular formula is C55H41NSn2. The van der Waals surface area contributed by atoms with E-state index in [1.54, 1.807) is 7.16 Å². The van der Waals surface area contributed by atoms with Gasteiger partial charge in [-0.05, 0) is 0 Å². The summed E-state index contributed by atoms with van der Waals surface area (Å²) < 4.78 is 12.0. The molecule has 9 aromatic rings. The van der Waals surface area contributed by atoms with Gasteiger partial charge in [-0.2, -0.15) is 0 Å². The standard InChI is InChI=1S/C31H21N.4C6H5.2Sn/c1-24-12-18-29(19-13-24)32(30-20-14-27(15-21-30)25-8-4-2-5-9-25)31-22-16-28(17-23-31)26-10-6-3-7-11-26;4*1-2-4-6-5-3-1;;/h2-17,20,22H,1H3;4*1-5H;;. The van der Waals surface area contributed by atoms with Gasteiger partial charge in [0.2, 0.25) is 0 Å². The average Bonchev–Trinajstić information content (AvgIpc) is 3.30. The van der Waals surface area contributed by atoms with Crippen LogP contribution in [0.15, 0.2) is 231 Å². The van der Waals surface area contributed by atoms with E-state index in [-0.39, 0.29) is 0 Å². The maximum absolute atomic E-state index is 4.20. The summed E-state index contributed by atoms with van der Waals surface area (Å²) in [5, 5.41) is 0. The third-order valence-corrected chi connectivity index (χ3v) is 40.0. The van der Waals surface area contributed by atoms with Gasteiger partial charge in [-0.25, -0.2) is 0 Å². The minimum absolute atomic E-state index is 1.25. The van der Waals surface area contributed by atoms with Gasteiger partial charge in [-0.15, -0.1) is 0 Å². The van der Waals surface area contributed by atoms with Crippen LogP contribution >= 0.6 is 0 Å². The summed E-state index contributed by atoms with van der Waals surface area (Å²) in [6.07, 6.45) is 0. The Bertz CT molecular complexity index is 2650. The van der Waals surface area contributed by atoms with Crippen LogP contribution in [-0.4, -0.2) is 36.8 Å². The van der Waals surface area contributed by atoms with Crippen molar-refractivity contribution in [3.05, 3.63) is 236 Å². The van der Waals surface area contributed by atoms with Gasteiger partial charge in [0.25, 0.3) is 0 Å². The van der Waals surface area contributed by atoms with Crippen LogP contribution in [0.25, 0.3) is 22.3 Å². The predicted octanol–water partition coefficient (Wildman–Crippen LogP) is 8.18. The molecule has 0 atom stereocenters. The van der Waals surface area contributed by atoms with E-state index in [9.17, 15) is 0 Å². The molecule has 3 heteroatoms. The fourth-order valence-corrected chi connectivity index (χ4v) is 41.2. The normalized spacial score (nSPS) is 14.2. The number of benzene rings is 9. The zero-order valence-electron chi connectivity index (χ0n) is 32.4. The Balaban J connectivity index is 1.36. The number of hydrogen-bond acceptors (Lipinski definition) is 1. The van der Waals surface area contributed by atoms with Crippen molar-refractivity contribution in [2.24, 2.45) is 0 Å². The van der Waals surface area contributed by atoms with Crippen molar-refractivity contribution in [2.75, 3.05) is 4.90 Å². The quantitative estimate of drug-likeness (QED) is 0.152. The molecule has 274 valence electrons. The van der Waals surface area contributed by atoms with E-state index in [1.807, 2.05) is 0 Å². The van der Waals surface area contributed by atoms with Gasteiger partial charge in [0.15, 0.2) is 0 Å². The number of anilines is 3. The van der Waals surface area contributed by atoms with Crippen molar-refractivity contribution in [2.45, 2.75) is 6.92 Å². The summed E-state index contributed by atoms with van der Waals surface area (Å²) in [5.41, 5.74) is 10.4. The third kappa shape index (κ3) is 5.29. The predicted molar refractivity (Wildman–Crippen MR) is 251 cm³/mol. The Labute approximate surface area is 349 Å². The van der Waals surface area contributed by atoms with Crippen LogP contribution in [0.1, 0.15) is 5.56 Å². The maximum atomic E-state index is 2.71. The summed E-state index contributed by atoms with van der Waals surface area (Å²) in [6.45, 7) is 2.35. The molecule has 58 heavy (non-hydrogen) atoms. The molecule has 0 unspecified atom stereocenters. The molecule has 2 aliphatic rings. The van der Waals surface area contributed by atoms with Gasteiger partial charge in [0.1, 0.15) is 0 Å². The fraction of sp³-hybridized carbons (Fsp3) is 0.0182. The molecular weight excluding hydrogens is 912 g/mol. The van der Waals surface area contributed by atoms with Gasteiger partial charge in [-0.1, -0.05) is 0 Å². The molecule has 0 spiro atoms. The van der Waals surface area contributed by atoms with Crippen LogP contribution in [0.2, 0.25) is 0 Å². The third-order valence-electron chi connectivity index (χ3n) is 12.6. The van der Waals surface area contributed by atoms with E-state index in [0.29, 0.717) is 0 Å². The molecule has 2 aliphatic heterocycles. The first-order chi connectivity index (χ1) is 28.7. The Morgan fingerprint density at radius 3 is 0.931 bits per heavy atom. The molecule has 0 saturated carbocycles. The van der Waals surface area contributed by atoms with E-state index >= 15 is 0 Å². The van der Waals surface area contributed by atoms with E-state index in [1.165, 1.54) is 66.4 Å². The first kappa shape index (κ1) is 35.5. The second kappa shape index (κ2) is 14.3. The molecule has 0 aliphatic carbocycles. The summed E-state index contributed by atoms with van der Waals surface area (Å²) in [5.74, 6) is 0. The van der Waals surface area contributed by atoms with Gasteiger partial charge in [-0.3, -0.25) is 0 Å². The number of aryl methyl sites for hydroxylation is 1. The van der Waals surface area contributed by atoms with Crippen LogP contribution in [-0.2, 0) is 0 Å². The molecule has 0 amide bonds. The SMILES string of the molecule is Cc1c[c]2c3[c](c1)[Sn]([c]1ccccc1)([c]1ccccc1)[c]1cc(-c4ccccc4)ccc1N3c1ccc(-c3ccccc3)c[c]1[Sn]2([c]1ccccc1)[c]1ccccc1. The topological polar surface area (TPSA) is 3.24 Å². The Hall–Kier alpha value is -5.62. The van der Waals surface area contributed by atoms with Crippen molar-refractivity contribution in [3.8, 4) is 22.3 Å². The van der Waals surface area contributed by atoms with Crippen LogP contribution in [0, 0.1) is 6.92 Å². The molecule has 0 fully saturated rings. The van der Waals surface area contributed by atoms with Crippen LogP contribution in [0.5, 0.6) is 0 Å². The summed E-state index contributed by atoms with van der Waals surface area (Å²) in [4.78, 5) is 2.71. The molecule has 0 radical (unpaired) electrons. The van der Waals surface area contributed by atoms with Crippen molar-refractivity contribution in [3.63, 3.8) is 0 Å². The number of nitrogens with zero attached hydrogens (tertiary/aromatic N) is 1. The average molecular weight is 953 g/mol. The molecule has 0 aromatic heterocycles. The van der Waals surface area contributed by atoms with Crippen molar-refractivity contribution in [1.82, 2.24) is 0 Å². The summed E-state index contributed by atoms with van der Waals surface area (Å²) >= 11 is -8.40. The second-order valence-electron chi connectivity index (χ2n) is 15.7. The zero-order valence-corrected chi connectivity index (χ0v) is 38.1. The number of hydrogen-bond donors (Lipinski definition) is 0. The molecule has 0 bridgehead atoms. The van der Waals surface area contributed by atoms with Crippen LogP contribution < -0.4 is 33.5 Å². The van der Waals surface area contributed by atoms with E-state index in [2.05, 4.69) is 242 Å². The molecule has 0 saturated heterocycles.